The van der Waals surface area contributed by atoms with Gasteiger partial charge in [0, 0.05) is 6.54 Å². The van der Waals surface area contributed by atoms with Crippen molar-refractivity contribution in [3.05, 3.63) is 100 Å². The van der Waals surface area contributed by atoms with Gasteiger partial charge in [-0.3, -0.25) is 9.36 Å². The van der Waals surface area contributed by atoms with Gasteiger partial charge in [0.15, 0.2) is 0 Å². The smallest absolute Gasteiger partial charge is 0.315 e. The van der Waals surface area contributed by atoms with Crippen molar-refractivity contribution in [2.75, 3.05) is 11.9 Å². The molecule has 1 N–H and O–H groups in total. The van der Waals surface area contributed by atoms with Crippen molar-refractivity contribution in [1.29, 1.82) is 0 Å². The van der Waals surface area contributed by atoms with Crippen LogP contribution in [0.25, 0.3) is 16.6 Å². The molecule has 0 saturated carbocycles. The van der Waals surface area contributed by atoms with Gasteiger partial charge in [-0.15, -0.1) is 0 Å². The van der Waals surface area contributed by atoms with Crippen LogP contribution in [0.2, 0.25) is 0 Å². The van der Waals surface area contributed by atoms with E-state index in [0.717, 1.165) is 5.56 Å². The Bertz CT molecular complexity index is 1370. The van der Waals surface area contributed by atoms with Crippen molar-refractivity contribution >= 4 is 22.6 Å². The van der Waals surface area contributed by atoms with Gasteiger partial charge in [0.2, 0.25) is 0 Å². The third kappa shape index (κ3) is 4.35. The number of benzene rings is 3. The predicted molar refractivity (Wildman–Crippen MR) is 128 cm³/mol. The average molecular weight is 445 g/mol. The summed E-state index contributed by atoms with van der Waals surface area (Å²) in [5, 5.41) is 3.12. The summed E-state index contributed by atoms with van der Waals surface area (Å²) in [5.74, 6) is -0.0944. The largest absolute Gasteiger partial charge is 0.322 e. The number of fused-ring (bicyclic) bond motifs is 1. The number of aromatic nitrogens is 2. The molecule has 4 aromatic rings. The number of nitrogens with one attached hydrogen (secondary N) is 1. The number of halogens is 1. The highest BCUT2D eigenvalue weighted by Crippen LogP contribution is 2.24. The van der Waals surface area contributed by atoms with Gasteiger partial charge in [0.1, 0.15) is 11.6 Å². The van der Waals surface area contributed by atoms with E-state index >= 15 is 0 Å². The Labute approximate surface area is 191 Å². The Hall–Kier alpha value is -4.00. The van der Waals surface area contributed by atoms with E-state index in [-0.39, 0.29) is 11.2 Å². The second-order valence-electron chi connectivity index (χ2n) is 7.84. The minimum Gasteiger partial charge on any atom is -0.315 e. The number of rotatable bonds is 5. The van der Waals surface area contributed by atoms with E-state index in [1.54, 1.807) is 34.9 Å². The SMILES string of the molecule is CCN(C(=O)Nc1ccccc1F)C(C)c1nc2ccccc2c(=O)n1-c1ccc(C)cc1. The highest BCUT2D eigenvalue weighted by molar-refractivity contribution is 5.89. The van der Waals surface area contributed by atoms with Crippen LogP contribution in [0.15, 0.2) is 77.6 Å². The maximum Gasteiger partial charge on any atom is 0.322 e. The number of nitrogens with zero attached hydrogens (tertiary/aromatic N) is 3. The molecule has 0 saturated heterocycles. The van der Waals surface area contributed by atoms with E-state index in [1.165, 1.54) is 17.0 Å². The standard InChI is InChI=1S/C26H25FN4O2/c1-4-30(26(33)29-23-12-8-6-10-21(23)27)18(3)24-28-22-11-7-5-9-20(22)25(32)31(24)19-15-13-17(2)14-16-19/h5-16,18H,4H2,1-3H3,(H,29,33). The summed E-state index contributed by atoms with van der Waals surface area (Å²) in [4.78, 5) is 32.9. The molecule has 168 valence electrons. The Morgan fingerprint density at radius 2 is 1.73 bits per heavy atom. The molecular weight excluding hydrogens is 419 g/mol. The number of hydrogen-bond donors (Lipinski definition) is 1. The minimum absolute atomic E-state index is 0.0931. The molecule has 0 fully saturated rings. The zero-order valence-electron chi connectivity index (χ0n) is 18.7. The summed E-state index contributed by atoms with van der Waals surface area (Å²) in [5.41, 5.74) is 2.16. The fraction of sp³-hybridized carbons (Fsp3) is 0.192. The van der Waals surface area contributed by atoms with Crippen LogP contribution in [-0.2, 0) is 0 Å². The van der Waals surface area contributed by atoms with Crippen LogP contribution in [0.1, 0.15) is 31.3 Å². The topological polar surface area (TPSA) is 67.2 Å². The maximum absolute atomic E-state index is 14.1. The number of anilines is 1. The number of para-hydroxylation sites is 2. The highest BCUT2D eigenvalue weighted by Gasteiger charge is 2.26. The van der Waals surface area contributed by atoms with Gasteiger partial charge in [-0.05, 0) is 57.2 Å². The highest BCUT2D eigenvalue weighted by atomic mass is 19.1. The van der Waals surface area contributed by atoms with Crippen LogP contribution in [0.3, 0.4) is 0 Å². The second-order valence-corrected chi connectivity index (χ2v) is 7.84. The fourth-order valence-electron chi connectivity index (χ4n) is 3.86. The van der Waals surface area contributed by atoms with E-state index in [2.05, 4.69) is 5.32 Å². The molecule has 2 amide bonds. The first-order valence-corrected chi connectivity index (χ1v) is 10.8. The van der Waals surface area contributed by atoms with Crippen molar-refractivity contribution in [2.24, 2.45) is 0 Å². The molecule has 6 nitrogen and oxygen atoms in total. The molecule has 1 unspecified atom stereocenters. The molecule has 7 heteroatoms. The number of amides is 2. The maximum atomic E-state index is 14.1. The number of urea groups is 1. The quantitative estimate of drug-likeness (QED) is 0.445. The number of hydrogen-bond acceptors (Lipinski definition) is 3. The van der Waals surface area contributed by atoms with E-state index in [4.69, 9.17) is 4.98 Å². The molecule has 0 aliphatic rings. The lowest BCUT2D eigenvalue weighted by Gasteiger charge is -2.29. The summed E-state index contributed by atoms with van der Waals surface area (Å²) in [6.07, 6.45) is 0. The summed E-state index contributed by atoms with van der Waals surface area (Å²) in [7, 11) is 0. The molecule has 1 heterocycles. The molecule has 0 aliphatic carbocycles. The van der Waals surface area contributed by atoms with Gasteiger partial charge in [-0.25, -0.2) is 14.2 Å². The molecule has 4 rings (SSSR count). The van der Waals surface area contributed by atoms with E-state index in [0.29, 0.717) is 29.0 Å². The third-order valence-electron chi connectivity index (χ3n) is 5.65. The first-order chi connectivity index (χ1) is 15.9. The monoisotopic (exact) mass is 444 g/mol. The molecule has 3 aromatic carbocycles. The molecule has 33 heavy (non-hydrogen) atoms. The molecule has 0 bridgehead atoms. The van der Waals surface area contributed by atoms with Crippen LogP contribution in [-0.4, -0.2) is 27.0 Å². The van der Waals surface area contributed by atoms with Crippen LogP contribution in [0.4, 0.5) is 14.9 Å². The summed E-state index contributed by atoms with van der Waals surface area (Å²) in [6.45, 7) is 5.94. The van der Waals surface area contributed by atoms with Gasteiger partial charge in [0.05, 0.1) is 28.3 Å². The number of carbonyl (C=O) groups is 1. The summed E-state index contributed by atoms with van der Waals surface area (Å²) < 4.78 is 15.6. The first kappa shape index (κ1) is 22.2. The lowest BCUT2D eigenvalue weighted by Crippen LogP contribution is -2.39. The Morgan fingerprint density at radius 3 is 2.42 bits per heavy atom. The van der Waals surface area contributed by atoms with Gasteiger partial charge < -0.3 is 10.2 Å². The van der Waals surface area contributed by atoms with Crippen molar-refractivity contribution in [3.63, 3.8) is 0 Å². The normalized spacial score (nSPS) is 11.9. The van der Waals surface area contributed by atoms with Gasteiger partial charge in [0.25, 0.3) is 5.56 Å². The van der Waals surface area contributed by atoms with Crippen molar-refractivity contribution in [3.8, 4) is 5.69 Å². The zero-order valence-corrected chi connectivity index (χ0v) is 18.7. The van der Waals surface area contributed by atoms with Crippen molar-refractivity contribution in [2.45, 2.75) is 26.8 Å². The molecule has 0 spiro atoms. The molecular formula is C26H25FN4O2. The number of aryl methyl sites for hydroxylation is 1. The third-order valence-corrected chi connectivity index (χ3v) is 5.65. The van der Waals surface area contributed by atoms with Crippen LogP contribution >= 0.6 is 0 Å². The molecule has 1 atom stereocenters. The molecule has 0 radical (unpaired) electrons. The number of carbonyl (C=O) groups excluding carboxylic acids is 1. The van der Waals surface area contributed by atoms with E-state index < -0.39 is 17.9 Å². The second kappa shape index (κ2) is 9.24. The Balaban J connectivity index is 1.82. The van der Waals surface area contributed by atoms with Gasteiger partial charge in [-0.1, -0.05) is 42.0 Å². The first-order valence-electron chi connectivity index (χ1n) is 10.8. The van der Waals surface area contributed by atoms with Crippen molar-refractivity contribution < 1.29 is 9.18 Å². The average Bonchev–Trinajstić information content (AvgIpc) is 2.82. The predicted octanol–water partition coefficient (Wildman–Crippen LogP) is 5.45. The van der Waals surface area contributed by atoms with E-state index in [9.17, 15) is 14.0 Å². The summed E-state index contributed by atoms with van der Waals surface area (Å²) in [6, 6.07) is 19.7. The van der Waals surface area contributed by atoms with Crippen molar-refractivity contribution in [1.82, 2.24) is 14.5 Å². The Kier molecular flexibility index (Phi) is 6.22. The van der Waals surface area contributed by atoms with Crippen LogP contribution in [0, 0.1) is 12.7 Å². The van der Waals surface area contributed by atoms with Gasteiger partial charge >= 0.3 is 6.03 Å². The summed E-state index contributed by atoms with van der Waals surface area (Å²) >= 11 is 0. The lowest BCUT2D eigenvalue weighted by molar-refractivity contribution is 0.193. The Morgan fingerprint density at radius 1 is 1.06 bits per heavy atom. The van der Waals surface area contributed by atoms with Gasteiger partial charge in [-0.2, -0.15) is 0 Å². The molecule has 1 aromatic heterocycles. The zero-order chi connectivity index (χ0) is 23.5. The van der Waals surface area contributed by atoms with E-state index in [1.807, 2.05) is 51.1 Å². The fourth-order valence-corrected chi connectivity index (χ4v) is 3.86. The lowest BCUT2D eigenvalue weighted by atomic mass is 10.1. The minimum atomic E-state index is -0.569. The van der Waals surface area contributed by atoms with Crippen LogP contribution in [0.5, 0.6) is 0 Å². The molecule has 0 aliphatic heterocycles. The van der Waals surface area contributed by atoms with Crippen LogP contribution < -0.4 is 10.9 Å².